The van der Waals surface area contributed by atoms with E-state index >= 15 is 0 Å². The fourth-order valence-electron chi connectivity index (χ4n) is 7.04. The van der Waals surface area contributed by atoms with E-state index in [1.807, 2.05) is 0 Å². The van der Waals surface area contributed by atoms with Crippen LogP contribution in [0.5, 0.6) is 0 Å². The van der Waals surface area contributed by atoms with Crippen molar-refractivity contribution >= 4 is 7.48 Å². The number of benzene rings is 3. The maximum atomic E-state index is 13.7. The number of hydrogen-bond donors (Lipinski definition) is 0. The molecule has 0 N–H and O–H groups in total. The van der Waals surface area contributed by atoms with E-state index < -0.39 is 31.5 Å². The van der Waals surface area contributed by atoms with Crippen LogP contribution in [-0.4, -0.2) is 4.21 Å². The summed E-state index contributed by atoms with van der Waals surface area (Å²) in [6.45, 7) is 20.0. The Labute approximate surface area is 272 Å². The van der Waals surface area contributed by atoms with E-state index in [2.05, 4.69) is 105 Å². The second kappa shape index (κ2) is 11.9. The summed E-state index contributed by atoms with van der Waals surface area (Å²) in [4.78, 5) is 0. The number of halogens is 5. The van der Waals surface area contributed by atoms with Gasteiger partial charge >= 0.3 is 249 Å². The van der Waals surface area contributed by atoms with Crippen molar-refractivity contribution < 1.29 is 57.8 Å². The quantitative estimate of drug-likeness (QED) is 0.385. The number of allylic oxidation sites excluding steroid dienone is 4. The molecule has 0 radical (unpaired) electrons. The maximum absolute atomic E-state index is 13.7. The molecule has 2 unspecified atom stereocenters. The van der Waals surface area contributed by atoms with E-state index in [0.29, 0.717) is 0 Å². The summed E-state index contributed by atoms with van der Waals surface area (Å²) in [5.74, 6) is 0.203. The van der Waals surface area contributed by atoms with Gasteiger partial charge in [-0.2, -0.15) is 0 Å². The number of fused-ring (bicyclic) bond motifs is 3. The van der Waals surface area contributed by atoms with Crippen LogP contribution in [0, 0.1) is 5.92 Å². The Morgan fingerprint density at radius 2 is 1.09 bits per heavy atom. The first-order valence-electron chi connectivity index (χ1n) is 14.6. The van der Waals surface area contributed by atoms with E-state index in [-0.39, 0.29) is 45.2 Å². The largest absolute Gasteiger partial charge is 1.00 e. The fraction of sp³-hybridized carbons (Fsp3) is 0.378. The van der Waals surface area contributed by atoms with Crippen molar-refractivity contribution in [1.29, 1.82) is 0 Å². The zero-order valence-corrected chi connectivity index (χ0v) is 30.6. The van der Waals surface area contributed by atoms with Crippen LogP contribution < -0.4 is 28.1 Å². The normalized spacial score (nSPS) is 17.6. The van der Waals surface area contributed by atoms with Crippen LogP contribution >= 0.6 is 0 Å². The first-order valence-corrected chi connectivity index (χ1v) is 20.2. The topological polar surface area (TPSA) is 0 Å². The Morgan fingerprint density at radius 1 is 0.674 bits per heavy atom. The van der Waals surface area contributed by atoms with Crippen molar-refractivity contribution in [2.24, 2.45) is 5.92 Å². The Bertz CT molecular complexity index is 1580. The van der Waals surface area contributed by atoms with Gasteiger partial charge in [0.2, 0.25) is 0 Å². The molecule has 6 heteroatoms. The molecule has 2 atom stereocenters. The molecular weight excluding hydrogens is 664 g/mol. The van der Waals surface area contributed by atoms with Crippen molar-refractivity contribution in [3.63, 3.8) is 0 Å². The molecule has 0 heterocycles. The van der Waals surface area contributed by atoms with Gasteiger partial charge in [-0.15, -0.1) is 0 Å². The third kappa shape index (κ3) is 6.11. The van der Waals surface area contributed by atoms with Gasteiger partial charge in [0.15, 0.2) is 0 Å². The number of rotatable bonds is 3. The van der Waals surface area contributed by atoms with Gasteiger partial charge in [-0.25, -0.2) is 0 Å². The molecule has 2 aliphatic carbocycles. The van der Waals surface area contributed by atoms with Crippen LogP contribution in [-0.2, 0) is 36.8 Å². The molecule has 0 saturated heterocycles. The van der Waals surface area contributed by atoms with Gasteiger partial charge in [-0.3, -0.25) is 0 Å². The van der Waals surface area contributed by atoms with Crippen molar-refractivity contribution in [1.82, 2.24) is 0 Å². The molecule has 0 saturated carbocycles. The molecule has 0 fully saturated rings. The van der Waals surface area contributed by atoms with Crippen LogP contribution in [0.4, 0.5) is 13.2 Å². The zero-order valence-electron chi connectivity index (χ0n) is 26.6. The van der Waals surface area contributed by atoms with E-state index in [1.54, 1.807) is 12.1 Å². The molecule has 0 bridgehead atoms. The molecule has 0 nitrogen and oxygen atoms in total. The smallest absolute Gasteiger partial charge is 1.00 e. The molecule has 0 amide bonds. The summed E-state index contributed by atoms with van der Waals surface area (Å²) in [5, 5.41) is 0. The van der Waals surface area contributed by atoms with E-state index in [1.165, 1.54) is 59.9 Å². The molecule has 5 rings (SSSR count). The molecule has 0 aliphatic heterocycles. The van der Waals surface area contributed by atoms with Gasteiger partial charge in [0.1, 0.15) is 0 Å². The maximum Gasteiger partial charge on any atom is -1.00 e. The van der Waals surface area contributed by atoms with Gasteiger partial charge in [0.25, 0.3) is 0 Å². The Balaban J connectivity index is 0.00000253. The van der Waals surface area contributed by atoms with E-state index in [9.17, 15) is 13.2 Å². The van der Waals surface area contributed by atoms with Crippen molar-refractivity contribution in [2.75, 3.05) is 0 Å². The summed E-state index contributed by atoms with van der Waals surface area (Å²) < 4.78 is 48.8. The molecule has 43 heavy (non-hydrogen) atoms. The average molecular weight is 706 g/mol. The molecule has 2 aliphatic rings. The SMILES string of the molecule is [CH2]=[Zr+2]([C]1=C(C)C(C)=CC1C)([c]1ccc(C(F)(F)F)cc1)[CH]1c2cc(C(C)(C)C)ccc2-c2ccc(C(C)(C)C)cc21.[Cl-].[Cl-]. The van der Waals surface area contributed by atoms with Crippen LogP contribution in [0.25, 0.3) is 11.1 Å². The molecule has 3 aromatic carbocycles. The summed E-state index contributed by atoms with van der Waals surface area (Å²) in [5.41, 5.74) is 9.46. The molecule has 229 valence electrons. The van der Waals surface area contributed by atoms with Crippen molar-refractivity contribution in [3.8, 4) is 11.1 Å². The second-order valence-corrected chi connectivity index (χ2v) is 23.2. The summed E-state index contributed by atoms with van der Waals surface area (Å²) in [6.07, 6.45) is -2.05. The second-order valence-electron chi connectivity index (χ2n) is 14.3. The van der Waals surface area contributed by atoms with Gasteiger partial charge in [-0.1, -0.05) is 0 Å². The third-order valence-electron chi connectivity index (χ3n) is 9.40. The third-order valence-corrected chi connectivity index (χ3v) is 21.1. The Kier molecular flexibility index (Phi) is 9.88. The minimum atomic E-state index is -4.37. The van der Waals surface area contributed by atoms with Crippen molar-refractivity contribution in [3.05, 3.63) is 109 Å². The predicted molar refractivity (Wildman–Crippen MR) is 165 cm³/mol. The number of hydrogen-bond acceptors (Lipinski definition) is 0. The molecule has 0 spiro atoms. The van der Waals surface area contributed by atoms with Crippen LogP contribution in [0.2, 0.25) is 0 Å². The monoisotopic (exact) mass is 703 g/mol. The standard InChI is InChI=1S/C21H25.C8H11.C7H4F3.CH2.2ClH.Zr/c1-20(2,3)16-7-9-18-14(12-16)11-15-13-17(21(4,5)6)8-10-19(15)18;1-6-4-7(2)8(3)5-6;8-7(9,10)6-4-2-1-3-5-6;;;;/h7-13H,1-6H3;4,6H,1-3H3;2-5H;1H2;2*1H;/q;;;;;;+2/p-2. The summed E-state index contributed by atoms with van der Waals surface area (Å²) in [6, 6.07) is 19.9. The van der Waals surface area contributed by atoms with Crippen LogP contribution in [0.15, 0.2) is 81.2 Å². The molecular formula is C37H42Cl2F3Zr. The predicted octanol–water partition coefficient (Wildman–Crippen LogP) is 4.16. The first kappa shape index (κ1) is 35.7. The van der Waals surface area contributed by atoms with E-state index in [0.717, 1.165) is 3.27 Å². The zero-order chi connectivity index (χ0) is 30.3. The molecule has 0 aromatic heterocycles. The van der Waals surface area contributed by atoms with Gasteiger partial charge in [0.05, 0.1) is 0 Å². The molecule has 3 aromatic rings. The minimum Gasteiger partial charge on any atom is -1.00 e. The van der Waals surface area contributed by atoms with Gasteiger partial charge in [-0.05, 0) is 0 Å². The van der Waals surface area contributed by atoms with Crippen LogP contribution in [0.1, 0.15) is 93.8 Å². The van der Waals surface area contributed by atoms with Crippen molar-refractivity contribution in [2.45, 2.75) is 82.9 Å². The Hall–Kier alpha value is -1.74. The summed E-state index contributed by atoms with van der Waals surface area (Å²) >= 11 is -4.06. The van der Waals surface area contributed by atoms with Crippen LogP contribution in [0.3, 0.4) is 0 Å². The van der Waals surface area contributed by atoms with Gasteiger partial charge in [0, 0.05) is 0 Å². The fourth-order valence-corrected chi connectivity index (χ4v) is 19.4. The minimum absolute atomic E-state index is 0. The van der Waals surface area contributed by atoms with E-state index in [4.69, 9.17) is 4.21 Å². The van der Waals surface area contributed by atoms with Gasteiger partial charge < -0.3 is 24.8 Å². The number of alkyl halides is 3. The summed E-state index contributed by atoms with van der Waals surface area (Å²) in [7, 11) is 0. The first-order chi connectivity index (χ1) is 18.8. The average Bonchev–Trinajstić information content (AvgIpc) is 3.34. The Morgan fingerprint density at radius 3 is 1.44 bits per heavy atom.